The van der Waals surface area contributed by atoms with Gasteiger partial charge in [-0.25, -0.2) is 4.79 Å². The number of rotatable bonds is 3. The van der Waals surface area contributed by atoms with Gasteiger partial charge in [-0.1, -0.05) is 47.5 Å². The molecule has 3 amide bonds. The number of allylic oxidation sites excluding steroid dienone is 1. The molecule has 0 aliphatic carbocycles. The SMILES string of the molecule is CC1=C(C(=O)Nc2cccc(Cl)c2)[C@H](c2ccc(C)cc2)NC(=O)N1. The zero-order chi connectivity index (χ0) is 18.0. The highest BCUT2D eigenvalue weighted by Gasteiger charge is 2.31. The summed E-state index contributed by atoms with van der Waals surface area (Å²) in [6.07, 6.45) is 0. The molecular weight excluding hydrogens is 338 g/mol. The quantitative estimate of drug-likeness (QED) is 0.781. The summed E-state index contributed by atoms with van der Waals surface area (Å²) in [4.78, 5) is 24.7. The minimum atomic E-state index is -0.520. The summed E-state index contributed by atoms with van der Waals surface area (Å²) in [6, 6.07) is 13.8. The van der Waals surface area contributed by atoms with E-state index < -0.39 is 6.04 Å². The van der Waals surface area contributed by atoms with Gasteiger partial charge in [0.1, 0.15) is 0 Å². The number of aryl methyl sites for hydroxylation is 1. The fourth-order valence-corrected chi connectivity index (χ4v) is 2.96. The Morgan fingerprint density at radius 1 is 1.12 bits per heavy atom. The second-order valence-corrected chi connectivity index (χ2v) is 6.38. The summed E-state index contributed by atoms with van der Waals surface area (Å²) in [5, 5.41) is 8.85. The van der Waals surface area contributed by atoms with Gasteiger partial charge in [-0.15, -0.1) is 0 Å². The van der Waals surface area contributed by atoms with Crippen LogP contribution in [0.1, 0.15) is 24.1 Å². The van der Waals surface area contributed by atoms with Crippen molar-refractivity contribution < 1.29 is 9.59 Å². The van der Waals surface area contributed by atoms with E-state index >= 15 is 0 Å². The molecule has 1 atom stereocenters. The minimum absolute atomic E-state index is 0.294. The fraction of sp³-hybridized carbons (Fsp3) is 0.158. The largest absolute Gasteiger partial charge is 0.327 e. The van der Waals surface area contributed by atoms with Gasteiger partial charge >= 0.3 is 6.03 Å². The molecule has 0 radical (unpaired) electrons. The third-order valence-corrected chi connectivity index (χ3v) is 4.24. The highest BCUT2D eigenvalue weighted by atomic mass is 35.5. The Labute approximate surface area is 151 Å². The van der Waals surface area contributed by atoms with Crippen LogP contribution in [0, 0.1) is 6.92 Å². The van der Waals surface area contributed by atoms with Gasteiger partial charge < -0.3 is 16.0 Å². The number of hydrogen-bond acceptors (Lipinski definition) is 2. The van der Waals surface area contributed by atoms with Gasteiger partial charge in [0.2, 0.25) is 0 Å². The van der Waals surface area contributed by atoms with E-state index in [1.54, 1.807) is 31.2 Å². The molecule has 2 aromatic carbocycles. The van der Waals surface area contributed by atoms with Crippen molar-refractivity contribution in [3.8, 4) is 0 Å². The van der Waals surface area contributed by atoms with Gasteiger partial charge in [-0.05, 0) is 37.6 Å². The van der Waals surface area contributed by atoms with E-state index in [0.717, 1.165) is 11.1 Å². The molecule has 2 aromatic rings. The van der Waals surface area contributed by atoms with Crippen LogP contribution in [0.25, 0.3) is 0 Å². The van der Waals surface area contributed by atoms with Crippen molar-refractivity contribution in [3.63, 3.8) is 0 Å². The van der Waals surface area contributed by atoms with Crippen molar-refractivity contribution >= 4 is 29.2 Å². The zero-order valence-electron chi connectivity index (χ0n) is 13.9. The molecule has 0 unspecified atom stereocenters. The third kappa shape index (κ3) is 3.83. The van der Waals surface area contributed by atoms with Crippen LogP contribution in [0.5, 0.6) is 0 Å². The Bertz CT molecular complexity index is 859. The van der Waals surface area contributed by atoms with Gasteiger partial charge in [0, 0.05) is 16.4 Å². The van der Waals surface area contributed by atoms with Crippen LogP contribution in [-0.2, 0) is 4.79 Å². The molecule has 1 aliphatic rings. The summed E-state index contributed by atoms with van der Waals surface area (Å²) in [5.41, 5.74) is 3.53. The number of carbonyl (C=O) groups excluding carboxylic acids is 2. The molecule has 25 heavy (non-hydrogen) atoms. The van der Waals surface area contributed by atoms with Crippen LogP contribution in [-0.4, -0.2) is 11.9 Å². The molecule has 3 rings (SSSR count). The Kier molecular flexibility index (Phi) is 4.76. The first-order valence-corrected chi connectivity index (χ1v) is 8.23. The number of halogens is 1. The molecule has 0 saturated carbocycles. The minimum Gasteiger partial charge on any atom is -0.327 e. The standard InChI is InChI=1S/C19H18ClN3O2/c1-11-6-8-13(9-7-11)17-16(12(2)21-19(25)23-17)18(24)22-15-5-3-4-14(20)10-15/h3-10,17H,1-2H3,(H,22,24)(H2,21,23,25)/t17-/m0/s1. The first-order valence-electron chi connectivity index (χ1n) is 7.86. The number of benzene rings is 2. The first kappa shape index (κ1) is 17.0. The highest BCUT2D eigenvalue weighted by Crippen LogP contribution is 2.28. The molecule has 6 heteroatoms. The van der Waals surface area contributed by atoms with Crippen LogP contribution in [0.15, 0.2) is 59.8 Å². The third-order valence-electron chi connectivity index (χ3n) is 4.01. The lowest BCUT2D eigenvalue weighted by Gasteiger charge is -2.28. The fourth-order valence-electron chi connectivity index (χ4n) is 2.77. The summed E-state index contributed by atoms with van der Waals surface area (Å²) in [6.45, 7) is 3.70. The lowest BCUT2D eigenvalue weighted by molar-refractivity contribution is -0.113. The van der Waals surface area contributed by atoms with E-state index in [1.807, 2.05) is 31.2 Å². The van der Waals surface area contributed by atoms with Crippen molar-refractivity contribution in [1.29, 1.82) is 0 Å². The average Bonchev–Trinajstić information content (AvgIpc) is 2.54. The number of amides is 3. The molecule has 1 heterocycles. The van der Waals surface area contributed by atoms with Gasteiger partial charge in [0.15, 0.2) is 0 Å². The van der Waals surface area contributed by atoms with E-state index in [1.165, 1.54) is 0 Å². The predicted octanol–water partition coefficient (Wildman–Crippen LogP) is 3.92. The van der Waals surface area contributed by atoms with Crippen LogP contribution < -0.4 is 16.0 Å². The normalized spacial score (nSPS) is 16.9. The topological polar surface area (TPSA) is 70.2 Å². The van der Waals surface area contributed by atoms with Crippen LogP contribution >= 0.6 is 11.6 Å². The zero-order valence-corrected chi connectivity index (χ0v) is 14.6. The number of hydrogen-bond donors (Lipinski definition) is 3. The average molecular weight is 356 g/mol. The monoisotopic (exact) mass is 355 g/mol. The van der Waals surface area contributed by atoms with E-state index in [9.17, 15) is 9.59 Å². The molecule has 0 aromatic heterocycles. The molecule has 0 fully saturated rings. The first-order chi connectivity index (χ1) is 11.9. The smallest absolute Gasteiger partial charge is 0.319 e. The summed E-state index contributed by atoms with van der Waals surface area (Å²) in [5.74, 6) is -0.294. The Hall–Kier alpha value is -2.79. The maximum Gasteiger partial charge on any atom is 0.319 e. The van der Waals surface area contributed by atoms with Crippen LogP contribution in [0.2, 0.25) is 5.02 Å². The van der Waals surface area contributed by atoms with Gasteiger partial charge in [0.05, 0.1) is 11.6 Å². The number of urea groups is 1. The number of carbonyl (C=O) groups is 2. The van der Waals surface area contributed by atoms with E-state index in [0.29, 0.717) is 22.0 Å². The van der Waals surface area contributed by atoms with Gasteiger partial charge in [0.25, 0.3) is 5.91 Å². The molecule has 0 spiro atoms. The lowest BCUT2D eigenvalue weighted by Crippen LogP contribution is -2.45. The van der Waals surface area contributed by atoms with Crippen molar-refractivity contribution in [3.05, 3.63) is 76.0 Å². The Balaban J connectivity index is 1.94. The maximum absolute atomic E-state index is 12.8. The molecular formula is C19H18ClN3O2. The van der Waals surface area contributed by atoms with Crippen molar-refractivity contribution in [2.24, 2.45) is 0 Å². The molecule has 0 saturated heterocycles. The summed E-state index contributed by atoms with van der Waals surface area (Å²) >= 11 is 5.97. The van der Waals surface area contributed by atoms with Gasteiger partial charge in [-0.3, -0.25) is 4.79 Å². The molecule has 0 bridgehead atoms. The van der Waals surface area contributed by atoms with E-state index in [2.05, 4.69) is 16.0 Å². The van der Waals surface area contributed by atoms with Crippen molar-refractivity contribution in [2.45, 2.75) is 19.9 Å². The van der Waals surface area contributed by atoms with Crippen LogP contribution in [0.3, 0.4) is 0 Å². The van der Waals surface area contributed by atoms with E-state index in [4.69, 9.17) is 11.6 Å². The second-order valence-electron chi connectivity index (χ2n) is 5.95. The summed E-state index contributed by atoms with van der Waals surface area (Å²) < 4.78 is 0. The molecule has 5 nitrogen and oxygen atoms in total. The van der Waals surface area contributed by atoms with Crippen molar-refractivity contribution in [2.75, 3.05) is 5.32 Å². The number of nitrogens with one attached hydrogen (secondary N) is 3. The second kappa shape index (κ2) is 6.99. The van der Waals surface area contributed by atoms with E-state index in [-0.39, 0.29) is 11.9 Å². The van der Waals surface area contributed by atoms with Crippen molar-refractivity contribution in [1.82, 2.24) is 10.6 Å². The molecule has 3 N–H and O–H groups in total. The molecule has 1 aliphatic heterocycles. The van der Waals surface area contributed by atoms with Gasteiger partial charge in [-0.2, -0.15) is 0 Å². The highest BCUT2D eigenvalue weighted by molar-refractivity contribution is 6.31. The molecule has 128 valence electrons. The lowest BCUT2D eigenvalue weighted by atomic mass is 9.94. The Morgan fingerprint density at radius 3 is 2.52 bits per heavy atom. The predicted molar refractivity (Wildman–Crippen MR) is 98.4 cm³/mol. The maximum atomic E-state index is 12.8. The Morgan fingerprint density at radius 2 is 1.84 bits per heavy atom. The van der Waals surface area contributed by atoms with Crippen LogP contribution in [0.4, 0.5) is 10.5 Å². The number of anilines is 1. The summed E-state index contributed by atoms with van der Waals surface area (Å²) in [7, 11) is 0.